The summed E-state index contributed by atoms with van der Waals surface area (Å²) in [7, 11) is 0. The van der Waals surface area contributed by atoms with Gasteiger partial charge in [-0.05, 0) is 19.8 Å². The summed E-state index contributed by atoms with van der Waals surface area (Å²) in [4.78, 5) is 0. The highest BCUT2D eigenvalue weighted by Gasteiger charge is 2.03. The molecule has 58 valence electrons. The SMILES string of the molecule is CC=CC(C)C(S)C=CC. The highest BCUT2D eigenvalue weighted by atomic mass is 32.1. The summed E-state index contributed by atoms with van der Waals surface area (Å²) in [6.07, 6.45) is 8.38. The Morgan fingerprint density at radius 3 is 2.00 bits per heavy atom. The lowest BCUT2D eigenvalue weighted by molar-refractivity contribution is 0.762. The summed E-state index contributed by atoms with van der Waals surface area (Å²) in [5.41, 5.74) is 0. The van der Waals surface area contributed by atoms with Gasteiger partial charge in [0.05, 0.1) is 0 Å². The molecule has 0 amide bonds. The summed E-state index contributed by atoms with van der Waals surface area (Å²) >= 11 is 4.40. The highest BCUT2D eigenvalue weighted by Crippen LogP contribution is 2.12. The van der Waals surface area contributed by atoms with E-state index in [1.165, 1.54) is 0 Å². The Morgan fingerprint density at radius 1 is 1.10 bits per heavy atom. The van der Waals surface area contributed by atoms with Crippen LogP contribution >= 0.6 is 12.6 Å². The van der Waals surface area contributed by atoms with E-state index in [0.717, 1.165) is 0 Å². The molecule has 0 aromatic rings. The van der Waals surface area contributed by atoms with Crippen LogP contribution in [0.1, 0.15) is 20.8 Å². The van der Waals surface area contributed by atoms with E-state index in [1.807, 2.05) is 19.9 Å². The Bertz CT molecular complexity index is 109. The third-order valence-electron chi connectivity index (χ3n) is 1.42. The van der Waals surface area contributed by atoms with Crippen LogP contribution in [0.15, 0.2) is 24.3 Å². The van der Waals surface area contributed by atoms with Gasteiger partial charge in [0.15, 0.2) is 0 Å². The molecule has 0 aliphatic carbocycles. The first kappa shape index (κ1) is 9.83. The first-order valence-electron chi connectivity index (χ1n) is 3.66. The van der Waals surface area contributed by atoms with E-state index in [9.17, 15) is 0 Å². The minimum Gasteiger partial charge on any atom is -0.171 e. The van der Waals surface area contributed by atoms with Crippen molar-refractivity contribution in [2.24, 2.45) is 5.92 Å². The lowest BCUT2D eigenvalue weighted by Gasteiger charge is -2.09. The monoisotopic (exact) mass is 156 g/mol. The van der Waals surface area contributed by atoms with Gasteiger partial charge in [0, 0.05) is 5.25 Å². The second kappa shape index (κ2) is 5.60. The predicted octanol–water partition coefficient (Wildman–Crippen LogP) is 3.07. The smallest absolute Gasteiger partial charge is 0.0256 e. The fraction of sp³-hybridized carbons (Fsp3) is 0.556. The molecule has 0 nitrogen and oxygen atoms in total. The molecule has 0 radical (unpaired) electrons. The zero-order valence-corrected chi connectivity index (χ0v) is 7.81. The summed E-state index contributed by atoms with van der Waals surface area (Å²) in [6, 6.07) is 0. The zero-order valence-electron chi connectivity index (χ0n) is 6.91. The van der Waals surface area contributed by atoms with Crippen molar-refractivity contribution < 1.29 is 0 Å². The van der Waals surface area contributed by atoms with Gasteiger partial charge < -0.3 is 0 Å². The van der Waals surface area contributed by atoms with Crippen molar-refractivity contribution in [2.75, 3.05) is 0 Å². The molecule has 0 aliphatic rings. The van der Waals surface area contributed by atoms with E-state index >= 15 is 0 Å². The maximum atomic E-state index is 4.40. The van der Waals surface area contributed by atoms with Gasteiger partial charge in [-0.1, -0.05) is 31.2 Å². The van der Waals surface area contributed by atoms with Crippen LogP contribution in [-0.4, -0.2) is 5.25 Å². The molecule has 2 atom stereocenters. The molecular formula is C9H16S. The minimum atomic E-state index is 0.362. The first-order chi connectivity index (χ1) is 4.72. The molecular weight excluding hydrogens is 140 g/mol. The molecule has 0 N–H and O–H groups in total. The second-order valence-electron chi connectivity index (χ2n) is 2.40. The summed E-state index contributed by atoms with van der Waals surface area (Å²) < 4.78 is 0. The maximum Gasteiger partial charge on any atom is 0.0256 e. The predicted molar refractivity (Wildman–Crippen MR) is 51.6 cm³/mol. The Labute approximate surface area is 69.4 Å². The van der Waals surface area contributed by atoms with E-state index in [2.05, 4.69) is 37.8 Å². The number of hydrogen-bond acceptors (Lipinski definition) is 1. The Balaban J connectivity index is 3.81. The molecule has 0 aliphatic heterocycles. The molecule has 0 heterocycles. The molecule has 0 fully saturated rings. The Morgan fingerprint density at radius 2 is 1.60 bits per heavy atom. The molecule has 1 heteroatoms. The lowest BCUT2D eigenvalue weighted by atomic mass is 10.1. The van der Waals surface area contributed by atoms with Crippen molar-refractivity contribution in [3.63, 3.8) is 0 Å². The number of thiol groups is 1. The Hall–Kier alpha value is -0.170. The van der Waals surface area contributed by atoms with E-state index in [4.69, 9.17) is 0 Å². The number of hydrogen-bond donors (Lipinski definition) is 1. The summed E-state index contributed by atoms with van der Waals surface area (Å²) in [6.45, 7) is 6.22. The van der Waals surface area contributed by atoms with Crippen molar-refractivity contribution in [3.05, 3.63) is 24.3 Å². The van der Waals surface area contributed by atoms with Crippen molar-refractivity contribution in [1.82, 2.24) is 0 Å². The first-order valence-corrected chi connectivity index (χ1v) is 4.17. The van der Waals surface area contributed by atoms with Crippen LogP contribution in [-0.2, 0) is 0 Å². The molecule has 0 saturated heterocycles. The van der Waals surface area contributed by atoms with Gasteiger partial charge in [0.1, 0.15) is 0 Å². The third kappa shape index (κ3) is 3.78. The minimum absolute atomic E-state index is 0.362. The van der Waals surface area contributed by atoms with Crippen LogP contribution in [0.5, 0.6) is 0 Å². The second-order valence-corrected chi connectivity index (χ2v) is 3.00. The van der Waals surface area contributed by atoms with Gasteiger partial charge in [-0.3, -0.25) is 0 Å². The van der Waals surface area contributed by atoms with Gasteiger partial charge in [-0.25, -0.2) is 0 Å². The number of rotatable bonds is 3. The van der Waals surface area contributed by atoms with Gasteiger partial charge in [0.2, 0.25) is 0 Å². The van der Waals surface area contributed by atoms with E-state index in [-0.39, 0.29) is 0 Å². The normalized spacial score (nSPS) is 18.4. The van der Waals surface area contributed by atoms with Gasteiger partial charge in [-0.15, -0.1) is 0 Å². The average Bonchev–Trinajstić information content (AvgIpc) is 1.89. The lowest BCUT2D eigenvalue weighted by Crippen LogP contribution is -2.04. The van der Waals surface area contributed by atoms with Crippen molar-refractivity contribution >= 4 is 12.6 Å². The van der Waals surface area contributed by atoms with Crippen LogP contribution in [0.25, 0.3) is 0 Å². The molecule has 0 aromatic carbocycles. The van der Waals surface area contributed by atoms with Gasteiger partial charge in [-0.2, -0.15) is 12.6 Å². The molecule has 0 saturated carbocycles. The van der Waals surface area contributed by atoms with Crippen LogP contribution in [0.4, 0.5) is 0 Å². The highest BCUT2D eigenvalue weighted by molar-refractivity contribution is 7.81. The number of allylic oxidation sites excluding steroid dienone is 3. The summed E-state index contributed by atoms with van der Waals surface area (Å²) in [5.74, 6) is 0.532. The van der Waals surface area contributed by atoms with Crippen LogP contribution in [0.2, 0.25) is 0 Å². The summed E-state index contributed by atoms with van der Waals surface area (Å²) in [5, 5.41) is 0.362. The van der Waals surface area contributed by atoms with Crippen LogP contribution in [0.3, 0.4) is 0 Å². The van der Waals surface area contributed by atoms with E-state index < -0.39 is 0 Å². The van der Waals surface area contributed by atoms with E-state index in [1.54, 1.807) is 0 Å². The maximum absolute atomic E-state index is 4.40. The molecule has 10 heavy (non-hydrogen) atoms. The fourth-order valence-corrected chi connectivity index (χ4v) is 1.06. The van der Waals surface area contributed by atoms with Crippen LogP contribution in [0, 0.1) is 5.92 Å². The van der Waals surface area contributed by atoms with E-state index in [0.29, 0.717) is 11.2 Å². The molecule has 0 bridgehead atoms. The fourth-order valence-electron chi connectivity index (χ4n) is 0.790. The quantitative estimate of drug-likeness (QED) is 0.471. The zero-order chi connectivity index (χ0) is 7.98. The standard InChI is InChI=1S/C9H16S/c1-4-6-8(3)9(10)7-5-2/h4-10H,1-3H3. The van der Waals surface area contributed by atoms with Crippen molar-refractivity contribution in [3.8, 4) is 0 Å². The van der Waals surface area contributed by atoms with Gasteiger partial charge in [0.25, 0.3) is 0 Å². The molecule has 0 rings (SSSR count). The largest absolute Gasteiger partial charge is 0.171 e. The molecule has 0 spiro atoms. The average molecular weight is 156 g/mol. The van der Waals surface area contributed by atoms with Crippen LogP contribution < -0.4 is 0 Å². The third-order valence-corrected chi connectivity index (χ3v) is 2.07. The topological polar surface area (TPSA) is 0 Å². The molecule has 0 aromatic heterocycles. The Kier molecular flexibility index (Phi) is 5.51. The van der Waals surface area contributed by atoms with Gasteiger partial charge >= 0.3 is 0 Å². The van der Waals surface area contributed by atoms with Crippen molar-refractivity contribution in [2.45, 2.75) is 26.0 Å². The van der Waals surface area contributed by atoms with Crippen molar-refractivity contribution in [1.29, 1.82) is 0 Å². The molecule has 2 unspecified atom stereocenters.